The molecule has 0 saturated carbocycles. The third-order valence-corrected chi connectivity index (χ3v) is 3.82. The van der Waals surface area contributed by atoms with Crippen LogP contribution in [0.2, 0.25) is 0 Å². The monoisotopic (exact) mass is 260 g/mol. The van der Waals surface area contributed by atoms with Gasteiger partial charge in [0.2, 0.25) is 0 Å². The van der Waals surface area contributed by atoms with E-state index in [0.717, 1.165) is 6.42 Å². The molecule has 0 spiro atoms. The van der Waals surface area contributed by atoms with E-state index in [-0.39, 0.29) is 0 Å². The molecule has 1 aromatic rings. The normalized spacial score (nSPS) is 12.3. The molecular weight excluding hydrogens is 236 g/mol. The summed E-state index contributed by atoms with van der Waals surface area (Å²) in [5.41, 5.74) is 2.64. The molecule has 0 atom stereocenters. The molecule has 98 valence electrons. The van der Waals surface area contributed by atoms with Crippen LogP contribution in [0.1, 0.15) is 45.6 Å². The fourth-order valence-corrected chi connectivity index (χ4v) is 2.76. The maximum absolute atomic E-state index is 2.28. The van der Waals surface area contributed by atoms with Crippen LogP contribution in [-0.2, 0) is 0 Å². The lowest BCUT2D eigenvalue weighted by atomic mass is 10.0. The van der Waals surface area contributed by atoms with Gasteiger partial charge in [-0.2, -0.15) is 0 Å². The third kappa shape index (κ3) is 5.14. The summed E-state index contributed by atoms with van der Waals surface area (Å²) in [6, 6.07) is 8.94. The Balaban J connectivity index is 2.71. The van der Waals surface area contributed by atoms with Gasteiger partial charge < -0.3 is 0 Å². The molecule has 1 heteroatoms. The van der Waals surface area contributed by atoms with E-state index < -0.39 is 0 Å². The molecule has 0 aliphatic heterocycles. The number of rotatable bonds is 7. The summed E-state index contributed by atoms with van der Waals surface area (Å²) < 4.78 is 0. The van der Waals surface area contributed by atoms with Gasteiger partial charge >= 0.3 is 0 Å². The van der Waals surface area contributed by atoms with Crippen LogP contribution in [0.15, 0.2) is 47.4 Å². The number of unbranched alkanes of at least 4 members (excludes halogenated alkanes) is 1. The predicted octanol–water partition coefficient (Wildman–Crippen LogP) is 5.95. The lowest BCUT2D eigenvalue weighted by molar-refractivity contribution is 0.896. The summed E-state index contributed by atoms with van der Waals surface area (Å²) in [4.78, 5) is 1.38. The van der Waals surface area contributed by atoms with Crippen molar-refractivity contribution < 1.29 is 0 Å². The van der Waals surface area contributed by atoms with Crippen molar-refractivity contribution in [2.45, 2.75) is 44.9 Å². The molecule has 0 aromatic heterocycles. The minimum Gasteiger partial charge on any atom is -0.126 e. The zero-order chi connectivity index (χ0) is 13.2. The number of hydrogen-bond acceptors (Lipinski definition) is 1. The molecule has 1 aromatic carbocycles. The van der Waals surface area contributed by atoms with E-state index in [9.17, 15) is 0 Å². The Kier molecular flexibility index (Phi) is 7.59. The molecule has 0 amide bonds. The Labute approximate surface area is 116 Å². The number of benzene rings is 1. The SMILES string of the molecule is C/C=C\C(=C/CC)c1ccc(SCCCC)cc1. The van der Waals surface area contributed by atoms with Gasteiger partial charge in [-0.05, 0) is 48.8 Å². The summed E-state index contributed by atoms with van der Waals surface area (Å²) >= 11 is 1.95. The molecule has 0 aliphatic rings. The summed E-state index contributed by atoms with van der Waals surface area (Å²) in [5.74, 6) is 1.22. The third-order valence-electron chi connectivity index (χ3n) is 2.72. The summed E-state index contributed by atoms with van der Waals surface area (Å²) in [6.07, 6.45) is 10.2. The topological polar surface area (TPSA) is 0 Å². The highest BCUT2D eigenvalue weighted by atomic mass is 32.2. The van der Waals surface area contributed by atoms with Gasteiger partial charge in [0.05, 0.1) is 0 Å². The fourth-order valence-electron chi connectivity index (χ4n) is 1.76. The van der Waals surface area contributed by atoms with E-state index in [1.54, 1.807) is 0 Å². The van der Waals surface area contributed by atoms with E-state index in [4.69, 9.17) is 0 Å². The van der Waals surface area contributed by atoms with E-state index in [0.29, 0.717) is 0 Å². The highest BCUT2D eigenvalue weighted by Crippen LogP contribution is 2.23. The molecule has 0 saturated heterocycles. The Morgan fingerprint density at radius 2 is 1.89 bits per heavy atom. The summed E-state index contributed by atoms with van der Waals surface area (Å²) in [6.45, 7) is 6.49. The van der Waals surface area contributed by atoms with Crippen LogP contribution in [-0.4, -0.2) is 5.75 Å². The lowest BCUT2D eigenvalue weighted by Crippen LogP contribution is -1.83. The molecular formula is C17H24S. The van der Waals surface area contributed by atoms with Crippen molar-refractivity contribution in [2.75, 3.05) is 5.75 Å². The van der Waals surface area contributed by atoms with Crippen LogP contribution in [0.4, 0.5) is 0 Å². The Hall–Kier alpha value is -0.950. The summed E-state index contributed by atoms with van der Waals surface area (Å²) in [5, 5.41) is 0. The van der Waals surface area contributed by atoms with Gasteiger partial charge in [0, 0.05) is 4.90 Å². The van der Waals surface area contributed by atoms with Crippen molar-refractivity contribution in [3.63, 3.8) is 0 Å². The van der Waals surface area contributed by atoms with Crippen molar-refractivity contribution in [3.8, 4) is 0 Å². The van der Waals surface area contributed by atoms with Gasteiger partial charge in [0.1, 0.15) is 0 Å². The quantitative estimate of drug-likeness (QED) is 0.332. The standard InChI is InChI=1S/C17H24S/c1-4-7-14-18-17-12-10-16(11-13-17)15(8-5-2)9-6-3/h5,8-13H,4,6-7,14H2,1-3H3/b8-5-,15-9+. The van der Waals surface area contributed by atoms with Gasteiger partial charge in [-0.1, -0.05) is 50.6 Å². The van der Waals surface area contributed by atoms with E-state index >= 15 is 0 Å². The molecule has 0 radical (unpaired) electrons. The van der Waals surface area contributed by atoms with Gasteiger partial charge in [-0.3, -0.25) is 0 Å². The maximum atomic E-state index is 2.28. The van der Waals surface area contributed by atoms with Crippen LogP contribution < -0.4 is 0 Å². The van der Waals surface area contributed by atoms with E-state index in [1.807, 2.05) is 11.8 Å². The fraction of sp³-hybridized carbons (Fsp3) is 0.412. The minimum atomic E-state index is 1.08. The lowest BCUT2D eigenvalue weighted by Gasteiger charge is -2.05. The van der Waals surface area contributed by atoms with Crippen LogP contribution >= 0.6 is 11.8 Å². The zero-order valence-electron chi connectivity index (χ0n) is 11.8. The molecule has 0 nitrogen and oxygen atoms in total. The van der Waals surface area contributed by atoms with Crippen LogP contribution in [0, 0.1) is 0 Å². The molecule has 18 heavy (non-hydrogen) atoms. The second kappa shape index (κ2) is 9.04. The first-order valence-electron chi connectivity index (χ1n) is 6.87. The highest BCUT2D eigenvalue weighted by molar-refractivity contribution is 7.99. The first-order chi connectivity index (χ1) is 8.81. The maximum Gasteiger partial charge on any atom is 0.00723 e. The second-order valence-corrected chi connectivity index (χ2v) is 5.46. The average molecular weight is 260 g/mol. The largest absolute Gasteiger partial charge is 0.126 e. The van der Waals surface area contributed by atoms with Gasteiger partial charge in [0.25, 0.3) is 0 Å². The number of thioether (sulfide) groups is 1. The first-order valence-corrected chi connectivity index (χ1v) is 7.86. The smallest absolute Gasteiger partial charge is 0.00723 e. The second-order valence-electron chi connectivity index (χ2n) is 4.29. The highest BCUT2D eigenvalue weighted by Gasteiger charge is 1.98. The molecule has 0 fully saturated rings. The van der Waals surface area contributed by atoms with E-state index in [1.165, 1.54) is 34.6 Å². The Morgan fingerprint density at radius 1 is 1.17 bits per heavy atom. The van der Waals surface area contributed by atoms with Gasteiger partial charge in [0.15, 0.2) is 0 Å². The van der Waals surface area contributed by atoms with E-state index in [2.05, 4.69) is 63.3 Å². The average Bonchev–Trinajstić information content (AvgIpc) is 2.40. The summed E-state index contributed by atoms with van der Waals surface area (Å²) in [7, 11) is 0. The molecule has 0 bridgehead atoms. The van der Waals surface area contributed by atoms with Crippen molar-refractivity contribution >= 4 is 17.3 Å². The first kappa shape index (κ1) is 15.1. The van der Waals surface area contributed by atoms with Crippen molar-refractivity contribution in [3.05, 3.63) is 48.1 Å². The Bertz CT molecular complexity index is 385. The molecule has 0 unspecified atom stereocenters. The van der Waals surface area contributed by atoms with Crippen LogP contribution in [0.5, 0.6) is 0 Å². The van der Waals surface area contributed by atoms with Crippen LogP contribution in [0.25, 0.3) is 5.57 Å². The number of hydrogen-bond donors (Lipinski definition) is 0. The zero-order valence-corrected chi connectivity index (χ0v) is 12.6. The van der Waals surface area contributed by atoms with Gasteiger partial charge in [-0.25, -0.2) is 0 Å². The number of allylic oxidation sites excluding steroid dienone is 4. The van der Waals surface area contributed by atoms with Gasteiger partial charge in [-0.15, -0.1) is 11.8 Å². The minimum absolute atomic E-state index is 1.08. The molecule has 1 rings (SSSR count). The van der Waals surface area contributed by atoms with Crippen molar-refractivity contribution in [2.24, 2.45) is 0 Å². The van der Waals surface area contributed by atoms with Crippen LogP contribution in [0.3, 0.4) is 0 Å². The molecule has 0 heterocycles. The van der Waals surface area contributed by atoms with Crippen molar-refractivity contribution in [1.29, 1.82) is 0 Å². The molecule has 0 N–H and O–H groups in total. The predicted molar refractivity (Wildman–Crippen MR) is 85.2 cm³/mol. The van der Waals surface area contributed by atoms with Crippen molar-refractivity contribution in [1.82, 2.24) is 0 Å². The Morgan fingerprint density at radius 3 is 2.44 bits per heavy atom. The molecule has 0 aliphatic carbocycles.